The summed E-state index contributed by atoms with van der Waals surface area (Å²) in [6, 6.07) is 10.5. The van der Waals surface area contributed by atoms with Crippen LogP contribution in [-0.2, 0) is 4.79 Å². The van der Waals surface area contributed by atoms with E-state index < -0.39 is 12.2 Å². The molecule has 2 atom stereocenters. The average molecular weight is 348 g/mol. The van der Waals surface area contributed by atoms with Gasteiger partial charge in [0, 0.05) is 12.1 Å². The molecule has 0 bridgehead atoms. The number of anilines is 1. The summed E-state index contributed by atoms with van der Waals surface area (Å²) < 4.78 is 22.1. The van der Waals surface area contributed by atoms with Gasteiger partial charge in [0.1, 0.15) is 6.10 Å². The molecule has 6 nitrogen and oxygen atoms in total. The maximum absolute atomic E-state index is 12.6. The number of rotatable bonds is 2. The molecule has 1 amide bonds. The van der Waals surface area contributed by atoms with Gasteiger partial charge in [-0.2, -0.15) is 0 Å². The Morgan fingerprint density at radius 1 is 1.08 bits per heavy atom. The van der Waals surface area contributed by atoms with Crippen LogP contribution < -0.4 is 24.3 Å². The van der Waals surface area contributed by atoms with E-state index in [1.165, 1.54) is 0 Å². The number of carbonyl (C=O) groups is 1. The van der Waals surface area contributed by atoms with Gasteiger partial charge < -0.3 is 24.3 Å². The van der Waals surface area contributed by atoms with E-state index in [4.69, 9.17) is 30.5 Å². The van der Waals surface area contributed by atoms with Crippen molar-refractivity contribution in [3.8, 4) is 23.0 Å². The lowest BCUT2D eigenvalue weighted by atomic mass is 10.1. The number of para-hydroxylation sites is 2. The van der Waals surface area contributed by atoms with Gasteiger partial charge in [0.25, 0.3) is 5.91 Å². The van der Waals surface area contributed by atoms with Crippen LogP contribution in [0.2, 0.25) is 5.02 Å². The highest BCUT2D eigenvalue weighted by atomic mass is 35.5. The summed E-state index contributed by atoms with van der Waals surface area (Å²) in [4.78, 5) is 12.6. The van der Waals surface area contributed by atoms with E-state index in [-0.39, 0.29) is 12.7 Å². The lowest BCUT2D eigenvalue weighted by Crippen LogP contribution is -2.46. The van der Waals surface area contributed by atoms with E-state index in [2.05, 4.69) is 5.32 Å². The molecule has 7 heteroatoms. The molecule has 0 aromatic heterocycles. The van der Waals surface area contributed by atoms with Crippen molar-refractivity contribution in [2.24, 2.45) is 0 Å². The summed E-state index contributed by atoms with van der Waals surface area (Å²) >= 11 is 6.19. The van der Waals surface area contributed by atoms with E-state index in [0.717, 1.165) is 0 Å². The molecule has 0 spiro atoms. The zero-order valence-electron chi connectivity index (χ0n) is 12.7. The van der Waals surface area contributed by atoms with E-state index in [0.29, 0.717) is 33.7 Å². The van der Waals surface area contributed by atoms with E-state index >= 15 is 0 Å². The second-order valence-electron chi connectivity index (χ2n) is 5.48. The monoisotopic (exact) mass is 347 g/mol. The van der Waals surface area contributed by atoms with Gasteiger partial charge in [0.05, 0.1) is 10.7 Å². The summed E-state index contributed by atoms with van der Waals surface area (Å²) in [5, 5.41) is 3.12. The summed E-state index contributed by atoms with van der Waals surface area (Å²) in [7, 11) is 0. The number of carbonyl (C=O) groups excluding carboxylic acids is 1. The minimum absolute atomic E-state index is 0.135. The Balaban J connectivity index is 1.55. The average Bonchev–Trinajstić information content (AvgIpc) is 3.01. The number of fused-ring (bicyclic) bond motifs is 2. The first-order valence-corrected chi connectivity index (χ1v) is 7.82. The van der Waals surface area contributed by atoms with Crippen molar-refractivity contribution in [1.82, 2.24) is 0 Å². The fourth-order valence-electron chi connectivity index (χ4n) is 2.62. The zero-order valence-corrected chi connectivity index (χ0v) is 13.5. The summed E-state index contributed by atoms with van der Waals surface area (Å²) in [6.45, 7) is 1.91. The molecule has 0 radical (unpaired) electrons. The number of benzene rings is 2. The molecule has 2 heterocycles. The molecule has 2 aromatic carbocycles. The van der Waals surface area contributed by atoms with Crippen LogP contribution in [0.5, 0.6) is 23.0 Å². The summed E-state index contributed by atoms with van der Waals surface area (Å²) in [6.07, 6.45) is -1.23. The highest BCUT2D eigenvalue weighted by molar-refractivity contribution is 6.34. The molecule has 24 heavy (non-hydrogen) atoms. The lowest BCUT2D eigenvalue weighted by Gasteiger charge is -2.31. The van der Waals surface area contributed by atoms with Crippen LogP contribution in [0.25, 0.3) is 0 Å². The fraction of sp³-hybridized carbons (Fsp3) is 0.235. The van der Waals surface area contributed by atoms with Gasteiger partial charge in [-0.3, -0.25) is 4.79 Å². The first-order chi connectivity index (χ1) is 11.6. The molecular weight excluding hydrogens is 334 g/mol. The van der Waals surface area contributed by atoms with Crippen LogP contribution >= 0.6 is 11.6 Å². The van der Waals surface area contributed by atoms with Gasteiger partial charge in [-0.25, -0.2) is 0 Å². The van der Waals surface area contributed by atoms with Crippen molar-refractivity contribution in [2.45, 2.75) is 19.1 Å². The molecule has 2 aliphatic rings. The SMILES string of the molecule is CC1Oc2ccccc2OC1C(=O)Nc1cc2c(cc1Cl)OCO2. The Morgan fingerprint density at radius 2 is 1.75 bits per heavy atom. The summed E-state index contributed by atoms with van der Waals surface area (Å²) in [5.74, 6) is 1.90. The second-order valence-corrected chi connectivity index (χ2v) is 5.89. The smallest absolute Gasteiger partial charge is 0.269 e. The maximum atomic E-state index is 12.6. The number of halogens is 1. The number of hydrogen-bond acceptors (Lipinski definition) is 5. The number of nitrogens with one attached hydrogen (secondary N) is 1. The van der Waals surface area contributed by atoms with Crippen LogP contribution in [0.1, 0.15) is 6.92 Å². The highest BCUT2D eigenvalue weighted by Crippen LogP contribution is 2.39. The maximum Gasteiger partial charge on any atom is 0.269 e. The van der Waals surface area contributed by atoms with E-state index in [9.17, 15) is 4.79 Å². The molecule has 2 aromatic rings. The Labute approximate surface area is 143 Å². The van der Waals surface area contributed by atoms with Crippen molar-refractivity contribution < 1.29 is 23.7 Å². The van der Waals surface area contributed by atoms with E-state index in [1.807, 2.05) is 12.1 Å². The van der Waals surface area contributed by atoms with Gasteiger partial charge in [-0.1, -0.05) is 23.7 Å². The molecule has 0 fully saturated rings. The first kappa shape index (κ1) is 15.0. The minimum atomic E-state index is -0.790. The van der Waals surface area contributed by atoms with Crippen LogP contribution in [0.4, 0.5) is 5.69 Å². The van der Waals surface area contributed by atoms with Gasteiger partial charge in [0.15, 0.2) is 23.0 Å². The molecule has 0 aliphatic carbocycles. The minimum Gasteiger partial charge on any atom is -0.482 e. The molecular formula is C17H14ClNO5. The quantitative estimate of drug-likeness (QED) is 0.903. The predicted octanol–water partition coefficient (Wildman–Crippen LogP) is 3.24. The zero-order chi connectivity index (χ0) is 16.7. The molecule has 2 unspecified atom stereocenters. The Hall–Kier alpha value is -2.60. The van der Waals surface area contributed by atoms with Gasteiger partial charge in [-0.15, -0.1) is 0 Å². The molecule has 0 saturated carbocycles. The van der Waals surface area contributed by atoms with Crippen molar-refractivity contribution in [1.29, 1.82) is 0 Å². The molecule has 124 valence electrons. The van der Waals surface area contributed by atoms with Gasteiger partial charge >= 0.3 is 0 Å². The van der Waals surface area contributed by atoms with Crippen molar-refractivity contribution in [3.05, 3.63) is 41.4 Å². The third-order valence-corrected chi connectivity index (χ3v) is 4.13. The largest absolute Gasteiger partial charge is 0.482 e. The van der Waals surface area contributed by atoms with Crippen molar-refractivity contribution in [3.63, 3.8) is 0 Å². The van der Waals surface area contributed by atoms with Crippen LogP contribution in [-0.4, -0.2) is 24.9 Å². The predicted molar refractivity (Wildman–Crippen MR) is 87.2 cm³/mol. The topological polar surface area (TPSA) is 66.0 Å². The van der Waals surface area contributed by atoms with Crippen LogP contribution in [0.3, 0.4) is 0 Å². The Bertz CT molecular complexity index is 810. The number of hydrogen-bond donors (Lipinski definition) is 1. The van der Waals surface area contributed by atoms with Crippen molar-refractivity contribution in [2.75, 3.05) is 12.1 Å². The lowest BCUT2D eigenvalue weighted by molar-refractivity contribution is -0.128. The normalized spacial score (nSPS) is 20.6. The standard InChI is InChI=1S/C17H14ClNO5/c1-9-16(24-13-5-3-2-4-12(13)23-9)17(20)19-11-7-15-14(6-10(11)18)21-8-22-15/h2-7,9,16H,8H2,1H3,(H,19,20). The van der Waals surface area contributed by atoms with Gasteiger partial charge in [-0.05, 0) is 19.1 Å². The third-order valence-electron chi connectivity index (χ3n) is 3.82. The number of amides is 1. The fourth-order valence-corrected chi connectivity index (χ4v) is 2.82. The Morgan fingerprint density at radius 3 is 2.50 bits per heavy atom. The van der Waals surface area contributed by atoms with Crippen LogP contribution in [0, 0.1) is 0 Å². The van der Waals surface area contributed by atoms with E-state index in [1.54, 1.807) is 31.2 Å². The number of ether oxygens (including phenoxy) is 4. The molecule has 1 N–H and O–H groups in total. The summed E-state index contributed by atoms with van der Waals surface area (Å²) in [5.41, 5.74) is 0.431. The molecule has 0 saturated heterocycles. The van der Waals surface area contributed by atoms with Crippen molar-refractivity contribution >= 4 is 23.2 Å². The molecule has 4 rings (SSSR count). The van der Waals surface area contributed by atoms with Crippen LogP contribution in [0.15, 0.2) is 36.4 Å². The molecule has 2 aliphatic heterocycles. The second kappa shape index (κ2) is 5.79. The Kier molecular flexibility index (Phi) is 3.61. The highest BCUT2D eigenvalue weighted by Gasteiger charge is 2.34. The van der Waals surface area contributed by atoms with Gasteiger partial charge in [0.2, 0.25) is 12.9 Å². The first-order valence-electron chi connectivity index (χ1n) is 7.44. The third kappa shape index (κ3) is 2.59.